The lowest BCUT2D eigenvalue weighted by Crippen LogP contribution is -2.34. The molecule has 4 heterocycles. The van der Waals surface area contributed by atoms with E-state index < -0.39 is 0 Å². The molecule has 0 aromatic carbocycles. The van der Waals surface area contributed by atoms with Gasteiger partial charge in [-0.15, -0.1) is 0 Å². The van der Waals surface area contributed by atoms with Crippen molar-refractivity contribution in [3.8, 4) is 0 Å². The van der Waals surface area contributed by atoms with E-state index >= 15 is 0 Å². The predicted molar refractivity (Wildman–Crippen MR) is 110 cm³/mol. The Kier molecular flexibility index (Phi) is 5.86. The smallest absolute Gasteiger partial charge is 0.256 e. The zero-order valence-electron chi connectivity index (χ0n) is 16.5. The molecule has 29 heavy (non-hydrogen) atoms. The quantitative estimate of drug-likeness (QED) is 0.720. The summed E-state index contributed by atoms with van der Waals surface area (Å²) in [6.07, 6.45) is 8.31. The molecule has 148 valence electrons. The standard InChI is InChI=1S/C22H24N6O/c1-16-14-20(27-22(29)17-8-11-23-12-9-17)26-21(25-16)19-7-3-5-13-28(19)15-18-6-2-4-10-24-18/h2,4,6,8-12,14,19H,3,5,7,13,15H2,1H3,(H,25,26,27,29). The zero-order valence-corrected chi connectivity index (χ0v) is 16.5. The third-order valence-electron chi connectivity index (χ3n) is 5.06. The molecule has 3 aromatic heterocycles. The SMILES string of the molecule is Cc1cc(NC(=O)c2ccncc2)nc(C2CCCCN2Cc2ccccn2)n1. The summed E-state index contributed by atoms with van der Waals surface area (Å²) >= 11 is 0. The van der Waals surface area contributed by atoms with Gasteiger partial charge < -0.3 is 5.32 Å². The molecule has 1 unspecified atom stereocenters. The molecule has 3 aromatic rings. The van der Waals surface area contributed by atoms with Gasteiger partial charge in [0.05, 0.1) is 11.7 Å². The van der Waals surface area contributed by atoms with E-state index in [0.717, 1.165) is 49.6 Å². The summed E-state index contributed by atoms with van der Waals surface area (Å²) in [5.74, 6) is 1.08. The van der Waals surface area contributed by atoms with Crippen LogP contribution in [0.25, 0.3) is 0 Å². The summed E-state index contributed by atoms with van der Waals surface area (Å²) in [7, 11) is 0. The third-order valence-corrected chi connectivity index (χ3v) is 5.06. The maximum absolute atomic E-state index is 12.5. The van der Waals surface area contributed by atoms with Crippen LogP contribution in [0.3, 0.4) is 0 Å². The van der Waals surface area contributed by atoms with Crippen LogP contribution in [0, 0.1) is 6.92 Å². The summed E-state index contributed by atoms with van der Waals surface area (Å²) in [6.45, 7) is 3.68. The van der Waals surface area contributed by atoms with Gasteiger partial charge in [-0.3, -0.25) is 19.7 Å². The number of aryl methyl sites for hydroxylation is 1. The van der Waals surface area contributed by atoms with Gasteiger partial charge in [-0.2, -0.15) is 0 Å². The van der Waals surface area contributed by atoms with Crippen LogP contribution < -0.4 is 5.32 Å². The van der Waals surface area contributed by atoms with E-state index in [4.69, 9.17) is 9.97 Å². The first kappa shape index (κ1) is 19.1. The van der Waals surface area contributed by atoms with Crippen molar-refractivity contribution >= 4 is 11.7 Å². The lowest BCUT2D eigenvalue weighted by molar-refractivity contribution is 0.102. The van der Waals surface area contributed by atoms with Crippen molar-refractivity contribution in [2.75, 3.05) is 11.9 Å². The van der Waals surface area contributed by atoms with Crippen molar-refractivity contribution in [2.45, 2.75) is 38.8 Å². The van der Waals surface area contributed by atoms with Gasteiger partial charge in [0.2, 0.25) is 0 Å². The Bertz CT molecular complexity index is 964. The molecule has 0 aliphatic carbocycles. The van der Waals surface area contributed by atoms with Crippen LogP contribution in [0.5, 0.6) is 0 Å². The van der Waals surface area contributed by atoms with Crippen LogP contribution >= 0.6 is 0 Å². The Morgan fingerprint density at radius 2 is 2.00 bits per heavy atom. The Morgan fingerprint density at radius 1 is 1.14 bits per heavy atom. The average molecular weight is 388 g/mol. The third kappa shape index (κ3) is 4.81. The monoisotopic (exact) mass is 388 g/mol. The minimum Gasteiger partial charge on any atom is -0.306 e. The average Bonchev–Trinajstić information content (AvgIpc) is 2.75. The number of hydrogen-bond donors (Lipinski definition) is 1. The summed E-state index contributed by atoms with van der Waals surface area (Å²) in [4.78, 5) is 32.7. The minimum atomic E-state index is -0.203. The maximum atomic E-state index is 12.5. The van der Waals surface area contributed by atoms with E-state index in [1.54, 1.807) is 30.6 Å². The van der Waals surface area contributed by atoms with Crippen LogP contribution in [-0.4, -0.2) is 37.3 Å². The highest BCUT2D eigenvalue weighted by molar-refractivity contribution is 6.03. The highest BCUT2D eigenvalue weighted by atomic mass is 16.1. The molecule has 0 spiro atoms. The van der Waals surface area contributed by atoms with Crippen LogP contribution in [0.4, 0.5) is 5.82 Å². The molecule has 0 bridgehead atoms. The van der Waals surface area contributed by atoms with E-state index in [1.807, 2.05) is 31.3 Å². The van der Waals surface area contributed by atoms with Crippen molar-refractivity contribution in [3.63, 3.8) is 0 Å². The van der Waals surface area contributed by atoms with Crippen molar-refractivity contribution in [2.24, 2.45) is 0 Å². The number of aromatic nitrogens is 4. The van der Waals surface area contributed by atoms with Gasteiger partial charge in [0.1, 0.15) is 11.6 Å². The highest BCUT2D eigenvalue weighted by Crippen LogP contribution is 2.30. The molecular weight excluding hydrogens is 364 g/mol. The molecule has 7 heteroatoms. The number of hydrogen-bond acceptors (Lipinski definition) is 6. The normalized spacial score (nSPS) is 17.1. The Hall–Kier alpha value is -3.19. The highest BCUT2D eigenvalue weighted by Gasteiger charge is 2.27. The van der Waals surface area contributed by atoms with E-state index in [9.17, 15) is 4.79 Å². The number of likely N-dealkylation sites (tertiary alicyclic amines) is 1. The number of nitrogens with one attached hydrogen (secondary N) is 1. The molecule has 1 atom stereocenters. The second-order valence-electron chi connectivity index (χ2n) is 7.25. The Labute approximate surface area is 170 Å². The molecule has 1 N–H and O–H groups in total. The fourth-order valence-corrected chi connectivity index (χ4v) is 3.67. The van der Waals surface area contributed by atoms with E-state index in [2.05, 4.69) is 20.2 Å². The fraction of sp³-hybridized carbons (Fsp3) is 0.318. The van der Waals surface area contributed by atoms with E-state index in [-0.39, 0.29) is 11.9 Å². The van der Waals surface area contributed by atoms with Gasteiger partial charge in [-0.1, -0.05) is 12.5 Å². The number of anilines is 1. The molecule has 1 saturated heterocycles. The molecule has 1 aliphatic rings. The summed E-state index contributed by atoms with van der Waals surface area (Å²) in [5, 5.41) is 2.89. The Balaban J connectivity index is 1.55. The number of carbonyl (C=O) groups is 1. The van der Waals surface area contributed by atoms with Gasteiger partial charge in [0.25, 0.3) is 5.91 Å². The molecule has 7 nitrogen and oxygen atoms in total. The minimum absolute atomic E-state index is 0.113. The molecule has 1 fully saturated rings. The number of amides is 1. The molecular formula is C22H24N6O. The molecule has 1 aliphatic heterocycles. The molecule has 1 amide bonds. The van der Waals surface area contributed by atoms with Crippen LogP contribution in [0.15, 0.2) is 55.0 Å². The van der Waals surface area contributed by atoms with E-state index in [1.165, 1.54) is 0 Å². The van der Waals surface area contributed by atoms with Crippen molar-refractivity contribution in [1.82, 2.24) is 24.8 Å². The fourth-order valence-electron chi connectivity index (χ4n) is 3.67. The van der Waals surface area contributed by atoms with Gasteiger partial charge in [-0.25, -0.2) is 9.97 Å². The summed E-state index contributed by atoms with van der Waals surface area (Å²) in [5.41, 5.74) is 2.42. The van der Waals surface area contributed by atoms with Crippen molar-refractivity contribution in [1.29, 1.82) is 0 Å². The number of carbonyl (C=O) groups excluding carboxylic acids is 1. The van der Waals surface area contributed by atoms with Crippen LogP contribution in [0.1, 0.15) is 52.9 Å². The van der Waals surface area contributed by atoms with Gasteiger partial charge in [0, 0.05) is 42.5 Å². The summed E-state index contributed by atoms with van der Waals surface area (Å²) in [6, 6.07) is 11.3. The lowest BCUT2D eigenvalue weighted by Gasteiger charge is -2.34. The van der Waals surface area contributed by atoms with Crippen LogP contribution in [0.2, 0.25) is 0 Å². The van der Waals surface area contributed by atoms with E-state index in [0.29, 0.717) is 11.4 Å². The molecule has 0 saturated carbocycles. The van der Waals surface area contributed by atoms with Gasteiger partial charge in [-0.05, 0) is 50.6 Å². The number of rotatable bonds is 5. The van der Waals surface area contributed by atoms with Crippen LogP contribution in [-0.2, 0) is 6.54 Å². The number of nitrogens with zero attached hydrogens (tertiary/aromatic N) is 5. The largest absolute Gasteiger partial charge is 0.306 e. The lowest BCUT2D eigenvalue weighted by atomic mass is 10.0. The van der Waals surface area contributed by atoms with Crippen molar-refractivity contribution < 1.29 is 4.79 Å². The predicted octanol–water partition coefficient (Wildman–Crippen LogP) is 3.55. The summed E-state index contributed by atoms with van der Waals surface area (Å²) < 4.78 is 0. The first-order valence-corrected chi connectivity index (χ1v) is 9.90. The van der Waals surface area contributed by atoms with Crippen molar-refractivity contribution in [3.05, 3.63) is 77.8 Å². The topological polar surface area (TPSA) is 83.9 Å². The Morgan fingerprint density at radius 3 is 2.79 bits per heavy atom. The maximum Gasteiger partial charge on any atom is 0.256 e. The first-order chi connectivity index (χ1) is 14.2. The zero-order chi connectivity index (χ0) is 20.1. The van der Waals surface area contributed by atoms with Gasteiger partial charge in [0.15, 0.2) is 0 Å². The second-order valence-corrected chi connectivity index (χ2v) is 7.25. The molecule has 0 radical (unpaired) electrons. The molecule has 4 rings (SSSR count). The van der Waals surface area contributed by atoms with Gasteiger partial charge >= 0.3 is 0 Å². The second kappa shape index (κ2) is 8.87. The first-order valence-electron chi connectivity index (χ1n) is 9.90. The number of pyridine rings is 2. The number of piperidine rings is 1.